The molecule has 1 aromatic carbocycles. The molecule has 0 saturated carbocycles. The first-order valence-electron chi connectivity index (χ1n) is 7.74. The monoisotopic (exact) mass is 399 g/mol. The van der Waals surface area contributed by atoms with Crippen molar-refractivity contribution in [3.05, 3.63) is 58.0 Å². The number of alkyl halides is 3. The minimum atomic E-state index is -5.12. The van der Waals surface area contributed by atoms with Gasteiger partial charge in [-0.1, -0.05) is 12.1 Å². The van der Waals surface area contributed by atoms with Gasteiger partial charge < -0.3 is 14.3 Å². The summed E-state index contributed by atoms with van der Waals surface area (Å²) in [5.41, 5.74) is -3.75. The second-order valence-electron chi connectivity index (χ2n) is 5.71. The Morgan fingerprint density at radius 2 is 2.07 bits per heavy atom. The number of ether oxygens (including phenoxy) is 1. The number of benzene rings is 1. The van der Waals surface area contributed by atoms with Crippen LogP contribution in [0.3, 0.4) is 0 Å². The molecule has 1 aliphatic rings. The molecule has 3 rings (SSSR count). The Bertz CT molecular complexity index is 942. The van der Waals surface area contributed by atoms with Crippen molar-refractivity contribution in [1.29, 1.82) is 0 Å². The molecule has 12 heteroatoms. The number of nitrogens with zero attached hydrogens (tertiary/aromatic N) is 3. The highest BCUT2D eigenvalue weighted by Gasteiger charge is 2.61. The summed E-state index contributed by atoms with van der Waals surface area (Å²) in [6.45, 7) is -0.315. The molecule has 0 radical (unpaired) electrons. The van der Waals surface area contributed by atoms with Crippen molar-refractivity contribution in [3.8, 4) is 5.75 Å². The van der Waals surface area contributed by atoms with Crippen molar-refractivity contribution in [2.45, 2.75) is 24.9 Å². The number of carbonyl (C=O) groups is 1. The smallest absolute Gasteiger partial charge is 0.438 e. The van der Waals surface area contributed by atoms with Gasteiger partial charge in [0.2, 0.25) is 0 Å². The number of hydrazone groups is 1. The maximum Gasteiger partial charge on any atom is 0.438 e. The first kappa shape index (κ1) is 19.4. The highest BCUT2D eigenvalue weighted by Crippen LogP contribution is 2.39. The molecule has 1 unspecified atom stereocenters. The predicted molar refractivity (Wildman–Crippen MR) is 86.4 cm³/mol. The van der Waals surface area contributed by atoms with Gasteiger partial charge in [-0.05, 0) is 18.2 Å². The van der Waals surface area contributed by atoms with Gasteiger partial charge in [0.05, 0.1) is 4.92 Å². The van der Waals surface area contributed by atoms with E-state index in [2.05, 4.69) is 5.10 Å². The third-order valence-corrected chi connectivity index (χ3v) is 3.87. The van der Waals surface area contributed by atoms with Crippen LogP contribution in [0.25, 0.3) is 0 Å². The fraction of sp³-hybridized carbons (Fsp3) is 0.250. The van der Waals surface area contributed by atoms with E-state index >= 15 is 0 Å². The topological polar surface area (TPSA) is 118 Å². The molecule has 1 aliphatic heterocycles. The van der Waals surface area contributed by atoms with Crippen LogP contribution in [-0.2, 0) is 6.61 Å². The van der Waals surface area contributed by atoms with Crippen LogP contribution >= 0.6 is 0 Å². The number of halogens is 3. The minimum Gasteiger partial charge on any atom is -0.479 e. The van der Waals surface area contributed by atoms with Crippen LogP contribution in [0.1, 0.15) is 22.7 Å². The Labute approximate surface area is 154 Å². The molecule has 148 valence electrons. The highest BCUT2D eigenvalue weighted by molar-refractivity contribution is 5.93. The van der Waals surface area contributed by atoms with E-state index in [4.69, 9.17) is 9.15 Å². The lowest BCUT2D eigenvalue weighted by atomic mass is 10.1. The van der Waals surface area contributed by atoms with Gasteiger partial charge in [0.15, 0.2) is 11.5 Å². The molecular weight excluding hydrogens is 387 g/mol. The quantitative estimate of drug-likeness (QED) is 0.610. The summed E-state index contributed by atoms with van der Waals surface area (Å²) in [5.74, 6) is -1.83. The average molecular weight is 399 g/mol. The number of aliphatic hydroxyl groups is 1. The van der Waals surface area contributed by atoms with Gasteiger partial charge in [0.25, 0.3) is 5.72 Å². The van der Waals surface area contributed by atoms with Crippen LogP contribution in [0, 0.1) is 10.1 Å². The molecule has 0 fully saturated rings. The molecule has 28 heavy (non-hydrogen) atoms. The molecule has 1 aromatic heterocycles. The minimum absolute atomic E-state index is 0.0280. The number of rotatable bonds is 5. The van der Waals surface area contributed by atoms with Crippen LogP contribution < -0.4 is 4.74 Å². The largest absolute Gasteiger partial charge is 0.479 e. The molecule has 1 amide bonds. The van der Waals surface area contributed by atoms with Gasteiger partial charge in [-0.3, -0.25) is 14.9 Å². The summed E-state index contributed by atoms with van der Waals surface area (Å²) in [5, 5.41) is 23.9. The van der Waals surface area contributed by atoms with Crippen molar-refractivity contribution in [2.75, 3.05) is 0 Å². The number of para-hydroxylation sites is 2. The summed E-state index contributed by atoms with van der Waals surface area (Å²) in [6, 6.07) is 7.90. The van der Waals surface area contributed by atoms with Gasteiger partial charge in [0.1, 0.15) is 12.4 Å². The maximum absolute atomic E-state index is 13.1. The Morgan fingerprint density at radius 1 is 1.36 bits per heavy atom. The van der Waals surface area contributed by atoms with Crippen molar-refractivity contribution in [1.82, 2.24) is 5.01 Å². The number of amides is 1. The van der Waals surface area contributed by atoms with E-state index < -0.39 is 34.9 Å². The fourth-order valence-corrected chi connectivity index (χ4v) is 2.44. The third kappa shape index (κ3) is 3.41. The van der Waals surface area contributed by atoms with E-state index in [0.29, 0.717) is 0 Å². The summed E-state index contributed by atoms with van der Waals surface area (Å²) in [7, 11) is 0. The van der Waals surface area contributed by atoms with Crippen LogP contribution in [0.15, 0.2) is 45.9 Å². The highest BCUT2D eigenvalue weighted by atomic mass is 19.4. The Balaban J connectivity index is 1.73. The standard InChI is InChI=1S/C16H12F3N3O6/c17-16(18,19)15(24)7-8-20-21(15)14(23)13-6-5-10(28-13)9-27-12-4-2-1-3-11(12)22(25)26/h1-6,8,24H,7,9H2. The lowest BCUT2D eigenvalue weighted by molar-refractivity contribution is -0.386. The second-order valence-corrected chi connectivity index (χ2v) is 5.71. The van der Waals surface area contributed by atoms with E-state index in [0.717, 1.165) is 12.3 Å². The Kier molecular flexibility index (Phi) is 4.81. The van der Waals surface area contributed by atoms with Crippen molar-refractivity contribution < 1.29 is 37.1 Å². The number of carbonyl (C=O) groups excluding carboxylic acids is 1. The first-order valence-corrected chi connectivity index (χ1v) is 7.74. The van der Waals surface area contributed by atoms with Gasteiger partial charge >= 0.3 is 17.8 Å². The first-order chi connectivity index (χ1) is 13.1. The zero-order valence-corrected chi connectivity index (χ0v) is 13.9. The number of nitro benzene ring substituents is 1. The van der Waals surface area contributed by atoms with Crippen molar-refractivity contribution in [3.63, 3.8) is 0 Å². The van der Waals surface area contributed by atoms with E-state index in [1.165, 1.54) is 30.3 Å². The maximum atomic E-state index is 13.1. The lowest BCUT2D eigenvalue weighted by Crippen LogP contribution is -2.56. The van der Waals surface area contributed by atoms with E-state index in [-0.39, 0.29) is 28.8 Å². The Morgan fingerprint density at radius 3 is 2.75 bits per heavy atom. The molecule has 2 heterocycles. The van der Waals surface area contributed by atoms with E-state index in [1.807, 2.05) is 0 Å². The molecule has 0 aliphatic carbocycles. The van der Waals surface area contributed by atoms with E-state index in [9.17, 15) is 33.2 Å². The van der Waals surface area contributed by atoms with Gasteiger partial charge in [0, 0.05) is 18.7 Å². The van der Waals surface area contributed by atoms with Crippen molar-refractivity contribution >= 4 is 17.8 Å². The van der Waals surface area contributed by atoms with Gasteiger partial charge in [-0.15, -0.1) is 0 Å². The number of hydrogen-bond donors (Lipinski definition) is 1. The average Bonchev–Trinajstić information content (AvgIpc) is 3.26. The molecule has 9 nitrogen and oxygen atoms in total. The predicted octanol–water partition coefficient (Wildman–Crippen LogP) is 2.85. The molecule has 0 spiro atoms. The van der Waals surface area contributed by atoms with E-state index in [1.54, 1.807) is 0 Å². The molecular formula is C16H12F3N3O6. The second kappa shape index (κ2) is 6.96. The molecule has 0 bridgehead atoms. The summed E-state index contributed by atoms with van der Waals surface area (Å²) >= 11 is 0. The number of nitro groups is 1. The summed E-state index contributed by atoms with van der Waals surface area (Å²) in [6.07, 6.45) is -5.26. The van der Waals surface area contributed by atoms with Gasteiger partial charge in [-0.2, -0.15) is 23.3 Å². The molecule has 1 N–H and O–H groups in total. The van der Waals surface area contributed by atoms with Gasteiger partial charge in [-0.25, -0.2) is 0 Å². The third-order valence-electron chi connectivity index (χ3n) is 3.87. The number of hydrogen-bond acceptors (Lipinski definition) is 7. The zero-order chi connectivity index (χ0) is 20.5. The van der Waals surface area contributed by atoms with Crippen molar-refractivity contribution in [2.24, 2.45) is 5.10 Å². The fourth-order valence-electron chi connectivity index (χ4n) is 2.44. The molecule has 2 aromatic rings. The molecule has 1 atom stereocenters. The molecule has 0 saturated heterocycles. The summed E-state index contributed by atoms with van der Waals surface area (Å²) in [4.78, 5) is 22.6. The summed E-state index contributed by atoms with van der Waals surface area (Å²) < 4.78 is 49.6. The van der Waals surface area contributed by atoms with Crippen LogP contribution in [0.2, 0.25) is 0 Å². The zero-order valence-electron chi connectivity index (χ0n) is 13.9. The Hall–Kier alpha value is -3.41. The normalized spacial score (nSPS) is 19.1. The van der Waals surface area contributed by atoms with Crippen LogP contribution in [-0.4, -0.2) is 39.1 Å². The van der Waals surface area contributed by atoms with Crippen LogP contribution in [0.4, 0.5) is 18.9 Å². The lowest BCUT2D eigenvalue weighted by Gasteiger charge is -2.31. The SMILES string of the molecule is O=C(c1ccc(COc2ccccc2[N+](=O)[O-])o1)N1N=CCC1(O)C(F)(F)F. The number of furan rings is 1. The van der Waals surface area contributed by atoms with Crippen LogP contribution in [0.5, 0.6) is 5.75 Å².